The summed E-state index contributed by atoms with van der Waals surface area (Å²) in [6, 6.07) is 11.8. The normalized spacial score (nSPS) is 19.0. The maximum atomic E-state index is 13.0. The molecule has 1 aliphatic heterocycles. The summed E-state index contributed by atoms with van der Waals surface area (Å²) in [5, 5.41) is 0. The molecule has 6 heteroatoms. The summed E-state index contributed by atoms with van der Waals surface area (Å²) in [5.41, 5.74) is 5.96. The van der Waals surface area contributed by atoms with Crippen molar-refractivity contribution in [1.29, 1.82) is 0 Å². The van der Waals surface area contributed by atoms with Crippen molar-refractivity contribution < 1.29 is 13.2 Å². The van der Waals surface area contributed by atoms with E-state index in [0.717, 1.165) is 33.6 Å². The second kappa shape index (κ2) is 7.49. The Bertz CT molecular complexity index is 862. The average Bonchev–Trinajstić information content (AvgIpc) is 2.88. The van der Waals surface area contributed by atoms with Crippen LogP contribution in [0.3, 0.4) is 0 Å². The molecule has 2 aromatic rings. The Labute approximate surface area is 164 Å². The number of anilines is 2. The molecule has 0 aliphatic carbocycles. The highest BCUT2D eigenvalue weighted by molar-refractivity contribution is 6.11. The molecular weight excluding hydrogens is 363 g/mol. The highest BCUT2D eigenvalue weighted by Gasteiger charge is 2.38. The SMILES string of the molecule is Cc1cccc(C)c1N1CC(C)N(c2c(C)cccc2C)C1=NCC(F)(F)F. The highest BCUT2D eigenvalue weighted by atomic mass is 19.4. The number of alkyl halides is 3. The number of hydrogen-bond donors (Lipinski definition) is 0. The molecule has 28 heavy (non-hydrogen) atoms. The number of nitrogens with zero attached hydrogens (tertiary/aromatic N) is 3. The van der Waals surface area contributed by atoms with E-state index in [1.54, 1.807) is 0 Å². The molecule has 150 valence electrons. The van der Waals surface area contributed by atoms with E-state index >= 15 is 0 Å². The Morgan fingerprint density at radius 3 is 1.82 bits per heavy atom. The summed E-state index contributed by atoms with van der Waals surface area (Å²) < 4.78 is 39.1. The fourth-order valence-electron chi connectivity index (χ4n) is 4.01. The quantitative estimate of drug-likeness (QED) is 0.685. The Morgan fingerprint density at radius 2 is 1.36 bits per heavy atom. The summed E-state index contributed by atoms with van der Waals surface area (Å²) in [7, 11) is 0. The molecule has 1 unspecified atom stereocenters. The molecule has 0 saturated carbocycles. The number of aryl methyl sites for hydroxylation is 4. The van der Waals surface area contributed by atoms with Crippen molar-refractivity contribution >= 4 is 17.3 Å². The molecule has 0 aromatic heterocycles. The van der Waals surface area contributed by atoms with Crippen LogP contribution in [0, 0.1) is 27.7 Å². The van der Waals surface area contributed by atoms with Crippen LogP contribution in [-0.4, -0.2) is 31.3 Å². The molecule has 1 saturated heterocycles. The van der Waals surface area contributed by atoms with Crippen molar-refractivity contribution in [1.82, 2.24) is 0 Å². The van der Waals surface area contributed by atoms with Gasteiger partial charge in [-0.1, -0.05) is 36.4 Å². The minimum Gasteiger partial charge on any atom is -0.310 e. The molecule has 0 bridgehead atoms. The molecule has 3 rings (SSSR count). The fraction of sp³-hybridized carbons (Fsp3) is 0.409. The molecule has 3 nitrogen and oxygen atoms in total. The fourth-order valence-corrected chi connectivity index (χ4v) is 4.01. The molecule has 1 heterocycles. The largest absolute Gasteiger partial charge is 0.408 e. The van der Waals surface area contributed by atoms with E-state index in [1.807, 2.05) is 80.8 Å². The summed E-state index contributed by atoms with van der Waals surface area (Å²) >= 11 is 0. The van der Waals surface area contributed by atoms with E-state index in [1.165, 1.54) is 0 Å². The van der Waals surface area contributed by atoms with Gasteiger partial charge in [-0.05, 0) is 56.9 Å². The van der Waals surface area contributed by atoms with Gasteiger partial charge in [-0.2, -0.15) is 13.2 Å². The standard InChI is InChI=1S/C22H26F3N3/c1-14-8-6-9-15(2)19(14)27-12-18(5)28(21(27)26-13-22(23,24)25)20-16(3)10-7-11-17(20)4/h6-11,18H,12-13H2,1-5H3. The van der Waals surface area contributed by atoms with Crippen molar-refractivity contribution in [3.63, 3.8) is 0 Å². The lowest BCUT2D eigenvalue weighted by Crippen LogP contribution is -2.38. The summed E-state index contributed by atoms with van der Waals surface area (Å²) in [6.45, 7) is 9.35. The average molecular weight is 389 g/mol. The van der Waals surface area contributed by atoms with E-state index < -0.39 is 12.7 Å². The van der Waals surface area contributed by atoms with Gasteiger partial charge >= 0.3 is 6.18 Å². The topological polar surface area (TPSA) is 18.8 Å². The van der Waals surface area contributed by atoms with Crippen LogP contribution in [0.5, 0.6) is 0 Å². The highest BCUT2D eigenvalue weighted by Crippen LogP contribution is 2.36. The van der Waals surface area contributed by atoms with Crippen LogP contribution < -0.4 is 9.80 Å². The lowest BCUT2D eigenvalue weighted by Gasteiger charge is -2.29. The number of para-hydroxylation sites is 2. The number of rotatable bonds is 3. The van der Waals surface area contributed by atoms with Crippen molar-refractivity contribution in [3.8, 4) is 0 Å². The zero-order valence-corrected chi connectivity index (χ0v) is 16.9. The Balaban J connectivity index is 2.17. The van der Waals surface area contributed by atoms with Crippen molar-refractivity contribution in [2.24, 2.45) is 4.99 Å². The Hall–Kier alpha value is -2.50. The van der Waals surface area contributed by atoms with E-state index in [-0.39, 0.29) is 6.04 Å². The molecule has 1 atom stereocenters. The molecule has 0 N–H and O–H groups in total. The summed E-state index contributed by atoms with van der Waals surface area (Å²) in [5.74, 6) is 0.361. The van der Waals surface area contributed by atoms with Gasteiger partial charge < -0.3 is 9.80 Å². The van der Waals surface area contributed by atoms with Crippen LogP contribution in [-0.2, 0) is 0 Å². The second-order valence-corrected chi connectivity index (χ2v) is 7.54. The van der Waals surface area contributed by atoms with Gasteiger partial charge in [0.15, 0.2) is 0 Å². The van der Waals surface area contributed by atoms with Gasteiger partial charge in [-0.25, -0.2) is 4.99 Å². The van der Waals surface area contributed by atoms with Gasteiger partial charge in [0.25, 0.3) is 0 Å². The first-order valence-corrected chi connectivity index (χ1v) is 9.40. The smallest absolute Gasteiger partial charge is 0.310 e. The number of aliphatic imine (C=N–C) groups is 1. The van der Waals surface area contributed by atoms with E-state index in [9.17, 15) is 13.2 Å². The summed E-state index contributed by atoms with van der Waals surface area (Å²) in [6.07, 6.45) is -4.35. The molecule has 1 aliphatic rings. The van der Waals surface area contributed by atoms with Crippen LogP contribution in [0.4, 0.5) is 24.5 Å². The third-order valence-electron chi connectivity index (χ3n) is 5.13. The lowest BCUT2D eigenvalue weighted by molar-refractivity contribution is -0.118. The molecule has 0 radical (unpaired) electrons. The minimum absolute atomic E-state index is 0.00853. The van der Waals surface area contributed by atoms with E-state index in [4.69, 9.17) is 0 Å². The van der Waals surface area contributed by atoms with E-state index in [0.29, 0.717) is 12.5 Å². The number of guanidine groups is 1. The molecule has 1 fully saturated rings. The van der Waals surface area contributed by atoms with Crippen LogP contribution in [0.2, 0.25) is 0 Å². The van der Waals surface area contributed by atoms with Gasteiger partial charge in [-0.3, -0.25) is 0 Å². The monoisotopic (exact) mass is 389 g/mol. The number of hydrogen-bond acceptors (Lipinski definition) is 1. The van der Waals surface area contributed by atoms with Crippen molar-refractivity contribution in [3.05, 3.63) is 58.7 Å². The zero-order valence-electron chi connectivity index (χ0n) is 16.9. The zero-order chi connectivity index (χ0) is 20.6. The van der Waals surface area contributed by atoms with Gasteiger partial charge in [0, 0.05) is 17.9 Å². The van der Waals surface area contributed by atoms with Crippen LogP contribution in [0.25, 0.3) is 0 Å². The first-order valence-electron chi connectivity index (χ1n) is 9.40. The van der Waals surface area contributed by atoms with Crippen LogP contribution in [0.15, 0.2) is 41.4 Å². The van der Waals surface area contributed by atoms with Gasteiger partial charge in [-0.15, -0.1) is 0 Å². The molecule has 0 amide bonds. The third-order valence-corrected chi connectivity index (χ3v) is 5.13. The predicted octanol–water partition coefficient (Wildman–Crippen LogP) is 5.55. The Morgan fingerprint density at radius 1 is 0.893 bits per heavy atom. The third kappa shape index (κ3) is 3.86. The maximum Gasteiger partial charge on any atom is 0.408 e. The predicted molar refractivity (Wildman–Crippen MR) is 109 cm³/mol. The minimum atomic E-state index is -4.35. The van der Waals surface area contributed by atoms with Crippen molar-refractivity contribution in [2.45, 2.75) is 46.8 Å². The van der Waals surface area contributed by atoms with Crippen molar-refractivity contribution in [2.75, 3.05) is 22.9 Å². The van der Waals surface area contributed by atoms with Gasteiger partial charge in [0.1, 0.15) is 6.54 Å². The van der Waals surface area contributed by atoms with E-state index in [2.05, 4.69) is 4.99 Å². The van der Waals surface area contributed by atoms with Gasteiger partial charge in [0.2, 0.25) is 5.96 Å². The van der Waals surface area contributed by atoms with Crippen LogP contribution in [0.1, 0.15) is 29.2 Å². The Kier molecular flexibility index (Phi) is 5.41. The molecular formula is C22H26F3N3. The summed E-state index contributed by atoms with van der Waals surface area (Å²) in [4.78, 5) is 7.97. The first-order chi connectivity index (χ1) is 13.1. The molecule has 2 aromatic carbocycles. The second-order valence-electron chi connectivity index (χ2n) is 7.54. The number of benzene rings is 2. The maximum absolute atomic E-state index is 13.0. The number of halogens is 3. The van der Waals surface area contributed by atoms with Gasteiger partial charge in [0.05, 0.1) is 6.04 Å². The lowest BCUT2D eigenvalue weighted by atomic mass is 10.1. The van der Waals surface area contributed by atoms with Crippen LogP contribution >= 0.6 is 0 Å². The molecule has 0 spiro atoms. The first kappa shape index (κ1) is 20.2.